The van der Waals surface area contributed by atoms with E-state index in [1.165, 1.54) is 4.90 Å². The van der Waals surface area contributed by atoms with Gasteiger partial charge in [0.2, 0.25) is 0 Å². The van der Waals surface area contributed by atoms with Gasteiger partial charge >= 0.3 is 0 Å². The Morgan fingerprint density at radius 3 is 2.57 bits per heavy atom. The summed E-state index contributed by atoms with van der Waals surface area (Å²) < 4.78 is 4.71. The van der Waals surface area contributed by atoms with E-state index in [1.54, 1.807) is 24.1 Å². The molecule has 0 aliphatic carbocycles. The third-order valence-electron chi connectivity index (χ3n) is 1.80. The van der Waals surface area contributed by atoms with E-state index in [1.807, 2.05) is 12.1 Å². The van der Waals surface area contributed by atoms with E-state index in [4.69, 9.17) is 4.52 Å². The molecule has 0 radical (unpaired) electrons. The van der Waals surface area contributed by atoms with Gasteiger partial charge in [-0.2, -0.15) is 0 Å². The average Bonchev–Trinajstić information content (AvgIpc) is 2.72. The Kier molecular flexibility index (Phi) is 2.74. The predicted octanol–water partition coefficient (Wildman–Crippen LogP) is 3.14. The van der Waals surface area contributed by atoms with Gasteiger partial charge < -0.3 is 9.84 Å². The van der Waals surface area contributed by atoms with Crippen molar-refractivity contribution in [2.45, 2.75) is 4.90 Å². The van der Waals surface area contributed by atoms with E-state index < -0.39 is 0 Å². The van der Waals surface area contributed by atoms with Crippen molar-refractivity contribution >= 4 is 23.3 Å². The first-order valence-electron chi connectivity index (χ1n) is 4.20. The van der Waals surface area contributed by atoms with Gasteiger partial charge in [-0.15, -0.1) is 11.8 Å². The van der Waals surface area contributed by atoms with Crippen molar-refractivity contribution in [1.29, 1.82) is 0 Å². The summed E-state index contributed by atoms with van der Waals surface area (Å²) in [4.78, 5) is 1.25. The minimum Gasteiger partial charge on any atom is -0.363 e. The molecule has 72 valence electrons. The largest absolute Gasteiger partial charge is 0.363 e. The van der Waals surface area contributed by atoms with E-state index in [0.29, 0.717) is 0 Å². The highest BCUT2D eigenvalue weighted by Crippen LogP contribution is 2.19. The third-order valence-corrected chi connectivity index (χ3v) is 2.54. The predicted molar refractivity (Wildman–Crippen MR) is 58.0 cm³/mol. The third kappa shape index (κ3) is 2.09. The Hall–Kier alpha value is -1.42. The van der Waals surface area contributed by atoms with E-state index in [9.17, 15) is 0 Å². The fraction of sp³-hybridized carbons (Fsp3) is 0.100. The minimum atomic E-state index is 0.724. The van der Waals surface area contributed by atoms with Gasteiger partial charge in [0.25, 0.3) is 0 Å². The zero-order chi connectivity index (χ0) is 9.80. The van der Waals surface area contributed by atoms with Crippen LogP contribution in [0.15, 0.2) is 46.0 Å². The maximum Gasteiger partial charge on any atom is 0.173 e. The number of anilines is 2. The molecule has 1 aromatic carbocycles. The molecule has 0 bridgehead atoms. The summed E-state index contributed by atoms with van der Waals surface area (Å²) in [6, 6.07) is 9.93. The van der Waals surface area contributed by atoms with Crippen LogP contribution in [0.1, 0.15) is 0 Å². The van der Waals surface area contributed by atoms with Crippen LogP contribution in [0.3, 0.4) is 0 Å². The molecule has 1 N–H and O–H groups in total. The zero-order valence-electron chi connectivity index (χ0n) is 7.73. The molecule has 0 aliphatic heterocycles. The molecule has 0 fully saturated rings. The van der Waals surface area contributed by atoms with Crippen LogP contribution in [0.25, 0.3) is 0 Å². The molecule has 0 amide bonds. The summed E-state index contributed by atoms with van der Waals surface area (Å²) >= 11 is 1.72. The van der Waals surface area contributed by atoms with Crippen LogP contribution in [-0.2, 0) is 0 Å². The van der Waals surface area contributed by atoms with Crippen LogP contribution in [0.5, 0.6) is 0 Å². The van der Waals surface area contributed by atoms with Gasteiger partial charge in [-0.3, -0.25) is 0 Å². The maximum atomic E-state index is 4.71. The van der Waals surface area contributed by atoms with Gasteiger partial charge in [0, 0.05) is 16.6 Å². The van der Waals surface area contributed by atoms with Crippen molar-refractivity contribution in [2.24, 2.45) is 0 Å². The van der Waals surface area contributed by atoms with Crippen molar-refractivity contribution < 1.29 is 4.52 Å². The van der Waals surface area contributed by atoms with Gasteiger partial charge in [0.05, 0.1) is 0 Å². The van der Waals surface area contributed by atoms with Gasteiger partial charge in [0.15, 0.2) is 5.82 Å². The van der Waals surface area contributed by atoms with E-state index in [0.717, 1.165) is 11.5 Å². The zero-order valence-corrected chi connectivity index (χ0v) is 8.54. The monoisotopic (exact) mass is 206 g/mol. The second kappa shape index (κ2) is 4.19. The molecule has 0 spiro atoms. The SMILES string of the molecule is CSc1ccc(Nc2ccon2)cc1. The number of nitrogens with one attached hydrogen (secondary N) is 1. The molecule has 0 saturated heterocycles. The van der Waals surface area contributed by atoms with Crippen molar-refractivity contribution in [1.82, 2.24) is 5.16 Å². The standard InChI is InChI=1S/C10H10N2OS/c1-14-9-4-2-8(3-5-9)11-10-6-7-13-12-10/h2-7H,1H3,(H,11,12). The highest BCUT2D eigenvalue weighted by Gasteiger charge is 1.96. The van der Waals surface area contributed by atoms with Gasteiger partial charge in [0.1, 0.15) is 6.26 Å². The Labute approximate surface area is 86.5 Å². The minimum absolute atomic E-state index is 0.724. The number of hydrogen-bond acceptors (Lipinski definition) is 4. The van der Waals surface area contributed by atoms with Crippen LogP contribution in [0, 0.1) is 0 Å². The van der Waals surface area contributed by atoms with Gasteiger partial charge in [-0.05, 0) is 30.5 Å². The highest BCUT2D eigenvalue weighted by atomic mass is 32.2. The van der Waals surface area contributed by atoms with Crippen LogP contribution in [0.2, 0.25) is 0 Å². The van der Waals surface area contributed by atoms with Crippen molar-refractivity contribution in [3.05, 3.63) is 36.6 Å². The van der Waals surface area contributed by atoms with Crippen LogP contribution < -0.4 is 5.32 Å². The first kappa shape index (κ1) is 9.15. The summed E-state index contributed by atoms with van der Waals surface area (Å²) in [7, 11) is 0. The lowest BCUT2D eigenvalue weighted by atomic mass is 10.3. The molecule has 3 nitrogen and oxygen atoms in total. The second-order valence-corrected chi connectivity index (χ2v) is 3.62. The topological polar surface area (TPSA) is 38.1 Å². The molecule has 0 atom stereocenters. The Balaban J connectivity index is 2.10. The fourth-order valence-electron chi connectivity index (χ4n) is 1.10. The van der Waals surface area contributed by atoms with Crippen LogP contribution in [-0.4, -0.2) is 11.4 Å². The normalized spacial score (nSPS) is 10.1. The van der Waals surface area contributed by atoms with Crippen LogP contribution >= 0.6 is 11.8 Å². The second-order valence-electron chi connectivity index (χ2n) is 2.74. The van der Waals surface area contributed by atoms with Crippen molar-refractivity contribution in [3.8, 4) is 0 Å². The Bertz CT molecular complexity index is 383. The number of thioether (sulfide) groups is 1. The van der Waals surface area contributed by atoms with Gasteiger partial charge in [-0.1, -0.05) is 5.16 Å². The lowest BCUT2D eigenvalue weighted by Crippen LogP contribution is -1.89. The van der Waals surface area contributed by atoms with Crippen molar-refractivity contribution in [2.75, 3.05) is 11.6 Å². The Morgan fingerprint density at radius 2 is 2.00 bits per heavy atom. The van der Waals surface area contributed by atoms with Crippen molar-refractivity contribution in [3.63, 3.8) is 0 Å². The quantitative estimate of drug-likeness (QED) is 0.783. The lowest BCUT2D eigenvalue weighted by molar-refractivity contribution is 0.423. The number of nitrogens with zero attached hydrogens (tertiary/aromatic N) is 1. The summed E-state index contributed by atoms with van der Waals surface area (Å²) in [6.45, 7) is 0. The molecule has 14 heavy (non-hydrogen) atoms. The van der Waals surface area contributed by atoms with E-state index in [-0.39, 0.29) is 0 Å². The lowest BCUT2D eigenvalue weighted by Gasteiger charge is -2.02. The molecule has 2 rings (SSSR count). The molecular weight excluding hydrogens is 196 g/mol. The molecule has 0 saturated carbocycles. The molecule has 0 aliphatic rings. The fourth-order valence-corrected chi connectivity index (χ4v) is 1.51. The molecule has 0 unspecified atom stereocenters. The first-order chi connectivity index (χ1) is 6.88. The summed E-state index contributed by atoms with van der Waals surface area (Å²) in [6.07, 6.45) is 3.60. The molecular formula is C10H10N2OS. The number of benzene rings is 1. The summed E-state index contributed by atoms with van der Waals surface area (Å²) in [5.74, 6) is 0.724. The number of rotatable bonds is 3. The Morgan fingerprint density at radius 1 is 1.21 bits per heavy atom. The average molecular weight is 206 g/mol. The molecule has 2 aromatic rings. The van der Waals surface area contributed by atoms with Crippen LogP contribution in [0.4, 0.5) is 11.5 Å². The van der Waals surface area contributed by atoms with E-state index in [2.05, 4.69) is 28.9 Å². The number of hydrogen-bond donors (Lipinski definition) is 1. The summed E-state index contributed by atoms with van der Waals surface area (Å²) in [5, 5.41) is 6.88. The molecule has 1 heterocycles. The summed E-state index contributed by atoms with van der Waals surface area (Å²) in [5.41, 5.74) is 1.01. The maximum absolute atomic E-state index is 4.71. The van der Waals surface area contributed by atoms with E-state index >= 15 is 0 Å². The first-order valence-corrected chi connectivity index (χ1v) is 5.42. The smallest absolute Gasteiger partial charge is 0.173 e. The highest BCUT2D eigenvalue weighted by molar-refractivity contribution is 7.98. The molecule has 1 aromatic heterocycles. The molecule has 4 heteroatoms. The number of aromatic nitrogens is 1. The van der Waals surface area contributed by atoms with Gasteiger partial charge in [-0.25, -0.2) is 0 Å².